The minimum Gasteiger partial charge on any atom is -0.481 e. The van der Waals surface area contributed by atoms with Crippen LogP contribution in [0, 0.1) is 0 Å². The Hall–Kier alpha value is -2.16. The normalized spacial score (nSPS) is 13.7. The lowest BCUT2D eigenvalue weighted by atomic mass is 9.84. The molecule has 3 heteroatoms. The van der Waals surface area contributed by atoms with E-state index in [1.54, 1.807) is 18.5 Å². The Morgan fingerprint density at radius 3 is 2.40 bits per heavy atom. The number of hydrogen-bond donors (Lipinski definition) is 1. The van der Waals surface area contributed by atoms with Crippen LogP contribution in [0.3, 0.4) is 0 Å². The van der Waals surface area contributed by atoms with Crippen LogP contribution in [0.2, 0.25) is 0 Å². The van der Waals surface area contributed by atoms with Crippen LogP contribution >= 0.6 is 0 Å². The van der Waals surface area contributed by atoms with Gasteiger partial charge in [0.2, 0.25) is 0 Å². The van der Waals surface area contributed by atoms with E-state index in [9.17, 15) is 9.90 Å². The van der Waals surface area contributed by atoms with Gasteiger partial charge in [0.05, 0.1) is 5.92 Å². The van der Waals surface area contributed by atoms with Crippen LogP contribution in [0.15, 0.2) is 54.9 Å². The summed E-state index contributed by atoms with van der Waals surface area (Å²) in [4.78, 5) is 15.6. The molecule has 0 bridgehead atoms. The molecule has 1 N–H and O–H groups in total. The molecular weight excluding hydrogens is 250 g/mol. The predicted octanol–water partition coefficient (Wildman–Crippen LogP) is 3.83. The first kappa shape index (κ1) is 14.3. The monoisotopic (exact) mass is 269 g/mol. The Balaban J connectivity index is 2.21. The molecule has 0 radical (unpaired) electrons. The Bertz CT molecular complexity index is 539. The maximum Gasteiger partial charge on any atom is 0.311 e. The molecule has 0 saturated heterocycles. The summed E-state index contributed by atoms with van der Waals surface area (Å²) in [6.07, 6.45) is 4.84. The molecule has 0 saturated carbocycles. The number of benzene rings is 1. The average Bonchev–Trinajstić information content (AvgIpc) is 2.50. The van der Waals surface area contributed by atoms with Crippen LogP contribution in [0.5, 0.6) is 0 Å². The summed E-state index contributed by atoms with van der Waals surface area (Å²) in [5.41, 5.74) is 1.97. The molecule has 0 spiro atoms. The second-order valence-corrected chi connectivity index (χ2v) is 4.93. The van der Waals surface area contributed by atoms with Gasteiger partial charge in [-0.3, -0.25) is 9.78 Å². The molecule has 0 unspecified atom stereocenters. The fraction of sp³-hybridized carbons (Fsp3) is 0.294. The smallest absolute Gasteiger partial charge is 0.311 e. The van der Waals surface area contributed by atoms with E-state index in [1.165, 1.54) is 5.56 Å². The van der Waals surface area contributed by atoms with Crippen molar-refractivity contribution in [2.45, 2.75) is 31.6 Å². The first-order valence-electron chi connectivity index (χ1n) is 6.90. The second-order valence-electron chi connectivity index (χ2n) is 4.93. The zero-order valence-electron chi connectivity index (χ0n) is 11.6. The highest BCUT2D eigenvalue weighted by Crippen LogP contribution is 2.32. The minimum atomic E-state index is -0.785. The van der Waals surface area contributed by atoms with Crippen LogP contribution in [0.25, 0.3) is 0 Å². The van der Waals surface area contributed by atoms with E-state index in [2.05, 4.69) is 24.0 Å². The van der Waals surface area contributed by atoms with E-state index in [0.29, 0.717) is 6.42 Å². The Labute approximate surface area is 119 Å². The second kappa shape index (κ2) is 6.85. The van der Waals surface area contributed by atoms with E-state index >= 15 is 0 Å². The van der Waals surface area contributed by atoms with Crippen molar-refractivity contribution in [2.75, 3.05) is 0 Å². The van der Waals surface area contributed by atoms with E-state index in [-0.39, 0.29) is 5.92 Å². The fourth-order valence-corrected chi connectivity index (χ4v) is 2.51. The predicted molar refractivity (Wildman–Crippen MR) is 78.7 cm³/mol. The minimum absolute atomic E-state index is 0.248. The van der Waals surface area contributed by atoms with Crippen molar-refractivity contribution < 1.29 is 9.90 Å². The molecule has 0 aliphatic rings. The molecule has 104 valence electrons. The van der Waals surface area contributed by atoms with Gasteiger partial charge in [-0.05, 0) is 36.0 Å². The average molecular weight is 269 g/mol. The van der Waals surface area contributed by atoms with Crippen LogP contribution in [0.4, 0.5) is 0 Å². The van der Waals surface area contributed by atoms with Crippen molar-refractivity contribution in [1.82, 2.24) is 4.98 Å². The number of hydrogen-bond acceptors (Lipinski definition) is 2. The standard InChI is InChI=1S/C17H19NO2/c1-2-13(14-7-4-3-5-8-14)11-16(17(19)20)15-9-6-10-18-12-15/h3-10,12-13,16H,2,11H2,1H3,(H,19,20)/t13-,16+/m0/s1. The number of nitrogens with zero attached hydrogens (tertiary/aromatic N) is 1. The zero-order valence-corrected chi connectivity index (χ0v) is 11.6. The molecule has 0 aliphatic heterocycles. The van der Waals surface area contributed by atoms with Gasteiger partial charge in [0.15, 0.2) is 0 Å². The molecule has 20 heavy (non-hydrogen) atoms. The summed E-state index contributed by atoms with van der Waals surface area (Å²) < 4.78 is 0. The Morgan fingerprint density at radius 2 is 1.85 bits per heavy atom. The third kappa shape index (κ3) is 3.44. The van der Waals surface area contributed by atoms with Crippen molar-refractivity contribution in [1.29, 1.82) is 0 Å². The summed E-state index contributed by atoms with van der Waals surface area (Å²) in [6.45, 7) is 2.10. The number of aliphatic carboxylic acids is 1. The maximum atomic E-state index is 11.6. The van der Waals surface area contributed by atoms with Crippen molar-refractivity contribution >= 4 is 5.97 Å². The number of carboxylic acids is 1. The van der Waals surface area contributed by atoms with Crippen molar-refractivity contribution in [3.05, 3.63) is 66.0 Å². The lowest BCUT2D eigenvalue weighted by Gasteiger charge is -2.20. The van der Waals surface area contributed by atoms with Gasteiger partial charge in [-0.1, -0.05) is 43.3 Å². The fourth-order valence-electron chi connectivity index (χ4n) is 2.51. The third-order valence-electron chi connectivity index (χ3n) is 3.67. The van der Waals surface area contributed by atoms with Crippen molar-refractivity contribution in [2.24, 2.45) is 0 Å². The first-order chi connectivity index (χ1) is 9.72. The third-order valence-corrected chi connectivity index (χ3v) is 3.67. The van der Waals surface area contributed by atoms with Crippen molar-refractivity contribution in [3.8, 4) is 0 Å². The van der Waals surface area contributed by atoms with Crippen LogP contribution in [-0.4, -0.2) is 16.1 Å². The molecule has 1 heterocycles. The molecule has 2 rings (SSSR count). The quantitative estimate of drug-likeness (QED) is 0.867. The Morgan fingerprint density at radius 1 is 1.15 bits per heavy atom. The van der Waals surface area contributed by atoms with E-state index in [4.69, 9.17) is 0 Å². The lowest BCUT2D eigenvalue weighted by molar-refractivity contribution is -0.139. The highest BCUT2D eigenvalue weighted by molar-refractivity contribution is 5.76. The maximum absolute atomic E-state index is 11.6. The molecule has 3 nitrogen and oxygen atoms in total. The summed E-state index contributed by atoms with van der Waals surface area (Å²) in [5.74, 6) is -1.04. The van der Waals surface area contributed by atoms with Gasteiger partial charge in [0, 0.05) is 12.4 Å². The number of pyridine rings is 1. The molecular formula is C17H19NO2. The van der Waals surface area contributed by atoms with Gasteiger partial charge in [0.25, 0.3) is 0 Å². The van der Waals surface area contributed by atoms with E-state index < -0.39 is 11.9 Å². The zero-order chi connectivity index (χ0) is 14.4. The largest absolute Gasteiger partial charge is 0.481 e. The molecule has 0 aliphatic carbocycles. The van der Waals surface area contributed by atoms with Gasteiger partial charge >= 0.3 is 5.97 Å². The molecule has 1 aromatic heterocycles. The number of rotatable bonds is 6. The highest BCUT2D eigenvalue weighted by atomic mass is 16.4. The highest BCUT2D eigenvalue weighted by Gasteiger charge is 2.24. The number of aromatic nitrogens is 1. The number of carbonyl (C=O) groups is 1. The topological polar surface area (TPSA) is 50.2 Å². The van der Waals surface area contributed by atoms with Gasteiger partial charge in [-0.25, -0.2) is 0 Å². The van der Waals surface area contributed by atoms with E-state index in [1.807, 2.05) is 24.3 Å². The molecule has 1 aromatic carbocycles. The van der Waals surface area contributed by atoms with Crippen LogP contribution < -0.4 is 0 Å². The van der Waals surface area contributed by atoms with Gasteiger partial charge < -0.3 is 5.11 Å². The summed E-state index contributed by atoms with van der Waals surface area (Å²) in [6, 6.07) is 13.7. The molecule has 2 atom stereocenters. The van der Waals surface area contributed by atoms with E-state index in [0.717, 1.165) is 12.0 Å². The first-order valence-corrected chi connectivity index (χ1v) is 6.90. The molecule has 0 fully saturated rings. The summed E-state index contributed by atoms with van der Waals surface area (Å²) in [7, 11) is 0. The summed E-state index contributed by atoms with van der Waals surface area (Å²) in [5, 5.41) is 9.49. The lowest BCUT2D eigenvalue weighted by Crippen LogP contribution is -2.15. The molecule has 2 aromatic rings. The van der Waals surface area contributed by atoms with Gasteiger partial charge in [-0.2, -0.15) is 0 Å². The van der Waals surface area contributed by atoms with Crippen LogP contribution in [-0.2, 0) is 4.79 Å². The number of carboxylic acid groups (broad SMARTS) is 1. The molecule has 0 amide bonds. The Kier molecular flexibility index (Phi) is 4.88. The van der Waals surface area contributed by atoms with Crippen LogP contribution in [0.1, 0.15) is 42.7 Å². The van der Waals surface area contributed by atoms with Crippen molar-refractivity contribution in [3.63, 3.8) is 0 Å². The van der Waals surface area contributed by atoms with Gasteiger partial charge in [0.1, 0.15) is 0 Å². The summed E-state index contributed by atoms with van der Waals surface area (Å²) >= 11 is 0. The van der Waals surface area contributed by atoms with Gasteiger partial charge in [-0.15, -0.1) is 0 Å². The SMILES string of the molecule is CC[C@@H](C[C@@H](C(=O)O)c1cccnc1)c1ccccc1.